The molecular weight excluding hydrogens is 354 g/mol. The third-order valence-electron chi connectivity index (χ3n) is 5.40. The highest BCUT2D eigenvalue weighted by Gasteiger charge is 2.35. The normalized spacial score (nSPS) is 23.2. The molecular formula is C23H29NO4. The van der Waals surface area contributed by atoms with Gasteiger partial charge in [-0.05, 0) is 36.3 Å². The summed E-state index contributed by atoms with van der Waals surface area (Å²) in [6, 6.07) is 19.8. The van der Waals surface area contributed by atoms with Gasteiger partial charge in [0.25, 0.3) is 0 Å². The largest absolute Gasteiger partial charge is 0.481 e. The van der Waals surface area contributed by atoms with Crippen LogP contribution in [0, 0.1) is 5.92 Å². The van der Waals surface area contributed by atoms with E-state index in [9.17, 15) is 4.79 Å². The van der Waals surface area contributed by atoms with E-state index in [1.165, 1.54) is 0 Å². The Morgan fingerprint density at radius 1 is 0.929 bits per heavy atom. The van der Waals surface area contributed by atoms with Crippen LogP contribution in [0.15, 0.2) is 60.7 Å². The summed E-state index contributed by atoms with van der Waals surface area (Å²) in [7, 11) is 0. The summed E-state index contributed by atoms with van der Waals surface area (Å²) in [5.41, 5.74) is 8.40. The molecule has 1 aliphatic rings. The van der Waals surface area contributed by atoms with E-state index in [4.69, 9.17) is 20.3 Å². The maximum atomic E-state index is 11.0. The van der Waals surface area contributed by atoms with Crippen molar-refractivity contribution in [3.63, 3.8) is 0 Å². The Labute approximate surface area is 166 Å². The summed E-state index contributed by atoms with van der Waals surface area (Å²) in [6.07, 6.45) is 2.29. The average Bonchev–Trinajstić information content (AvgIpc) is 2.72. The van der Waals surface area contributed by atoms with Gasteiger partial charge in [-0.3, -0.25) is 4.79 Å². The lowest BCUT2D eigenvalue weighted by Gasteiger charge is -2.38. The van der Waals surface area contributed by atoms with Gasteiger partial charge in [0.05, 0.1) is 31.8 Å². The number of carboxylic acids is 1. The fourth-order valence-corrected chi connectivity index (χ4v) is 3.81. The summed E-state index contributed by atoms with van der Waals surface area (Å²) in [5, 5.41) is 9.06. The van der Waals surface area contributed by atoms with Crippen LogP contribution in [-0.4, -0.2) is 29.3 Å². The van der Waals surface area contributed by atoms with Gasteiger partial charge in [-0.1, -0.05) is 60.7 Å². The summed E-state index contributed by atoms with van der Waals surface area (Å²) >= 11 is 0. The lowest BCUT2D eigenvalue weighted by Crippen LogP contribution is -2.44. The minimum absolute atomic E-state index is 0.00832. The van der Waals surface area contributed by atoms with E-state index in [1.807, 2.05) is 60.7 Å². The first-order chi connectivity index (χ1) is 13.6. The van der Waals surface area contributed by atoms with Crippen LogP contribution in [0.2, 0.25) is 0 Å². The molecule has 0 spiro atoms. The van der Waals surface area contributed by atoms with E-state index >= 15 is 0 Å². The Balaban J connectivity index is 1.62. The van der Waals surface area contributed by atoms with E-state index in [0.717, 1.165) is 30.4 Å². The molecule has 4 atom stereocenters. The number of aliphatic carboxylic acids is 1. The molecule has 0 amide bonds. The van der Waals surface area contributed by atoms with Crippen LogP contribution in [0.5, 0.6) is 0 Å². The molecule has 0 saturated heterocycles. The quantitative estimate of drug-likeness (QED) is 0.689. The molecule has 0 radical (unpaired) electrons. The zero-order chi connectivity index (χ0) is 19.8. The average molecular weight is 383 g/mol. The highest BCUT2D eigenvalue weighted by Crippen LogP contribution is 2.32. The van der Waals surface area contributed by atoms with E-state index in [1.54, 1.807) is 0 Å². The standard InChI is InChI=1S/C23H29NO4/c24-20(14-23(25)26)19-11-12-21(27-15-17-7-3-1-4-8-17)22(13-19)28-16-18-9-5-2-6-10-18/h1-10,19-22H,11-16,24H2,(H,25,26). The first-order valence-electron chi connectivity index (χ1n) is 9.90. The van der Waals surface area contributed by atoms with Crippen molar-refractivity contribution in [2.24, 2.45) is 11.7 Å². The van der Waals surface area contributed by atoms with Crippen molar-refractivity contribution in [3.8, 4) is 0 Å². The maximum Gasteiger partial charge on any atom is 0.304 e. The molecule has 0 bridgehead atoms. The molecule has 150 valence electrons. The monoisotopic (exact) mass is 383 g/mol. The number of nitrogens with two attached hydrogens (primary N) is 1. The van der Waals surface area contributed by atoms with Crippen LogP contribution in [0.3, 0.4) is 0 Å². The number of benzene rings is 2. The molecule has 5 nitrogen and oxygen atoms in total. The molecule has 5 heteroatoms. The van der Waals surface area contributed by atoms with E-state index in [2.05, 4.69) is 0 Å². The summed E-state index contributed by atoms with van der Waals surface area (Å²) in [6.45, 7) is 1.06. The Kier molecular flexibility index (Phi) is 7.60. The highest BCUT2D eigenvalue weighted by molar-refractivity contribution is 5.67. The molecule has 2 aromatic carbocycles. The molecule has 0 heterocycles. The zero-order valence-electron chi connectivity index (χ0n) is 16.1. The van der Waals surface area contributed by atoms with Crippen LogP contribution >= 0.6 is 0 Å². The van der Waals surface area contributed by atoms with Crippen LogP contribution in [0.4, 0.5) is 0 Å². The minimum atomic E-state index is -0.850. The predicted molar refractivity (Wildman–Crippen MR) is 108 cm³/mol. The van der Waals surface area contributed by atoms with Gasteiger partial charge in [-0.2, -0.15) is 0 Å². The van der Waals surface area contributed by atoms with Crippen molar-refractivity contribution in [3.05, 3.63) is 71.8 Å². The van der Waals surface area contributed by atoms with Crippen LogP contribution in [0.1, 0.15) is 36.8 Å². The number of carboxylic acid groups (broad SMARTS) is 1. The number of rotatable bonds is 9. The first-order valence-corrected chi connectivity index (χ1v) is 9.90. The highest BCUT2D eigenvalue weighted by atomic mass is 16.5. The maximum absolute atomic E-state index is 11.0. The summed E-state index contributed by atoms with van der Waals surface area (Å²) < 4.78 is 12.4. The molecule has 28 heavy (non-hydrogen) atoms. The number of carbonyl (C=O) groups is 1. The fourth-order valence-electron chi connectivity index (χ4n) is 3.81. The Bertz CT molecular complexity index is 722. The van der Waals surface area contributed by atoms with Crippen LogP contribution in [-0.2, 0) is 27.5 Å². The van der Waals surface area contributed by atoms with Crippen molar-refractivity contribution < 1.29 is 19.4 Å². The molecule has 0 aliphatic heterocycles. The van der Waals surface area contributed by atoms with Gasteiger partial charge in [-0.25, -0.2) is 0 Å². The molecule has 1 aliphatic carbocycles. The van der Waals surface area contributed by atoms with Gasteiger partial charge in [-0.15, -0.1) is 0 Å². The Morgan fingerprint density at radius 3 is 2.00 bits per heavy atom. The number of hydrogen-bond acceptors (Lipinski definition) is 4. The lowest BCUT2D eigenvalue weighted by molar-refractivity contribution is -0.138. The second-order valence-corrected chi connectivity index (χ2v) is 7.50. The smallest absolute Gasteiger partial charge is 0.304 e. The SMILES string of the molecule is NC(CC(=O)O)C1CCC(OCc2ccccc2)C(OCc2ccccc2)C1. The third-order valence-corrected chi connectivity index (χ3v) is 5.40. The lowest BCUT2D eigenvalue weighted by atomic mass is 9.80. The van der Waals surface area contributed by atoms with Crippen LogP contribution in [0.25, 0.3) is 0 Å². The molecule has 1 fully saturated rings. The van der Waals surface area contributed by atoms with E-state index < -0.39 is 5.97 Å². The van der Waals surface area contributed by atoms with Gasteiger partial charge in [0.2, 0.25) is 0 Å². The van der Waals surface area contributed by atoms with Gasteiger partial charge >= 0.3 is 5.97 Å². The number of ether oxygens (including phenoxy) is 2. The second-order valence-electron chi connectivity index (χ2n) is 7.50. The van der Waals surface area contributed by atoms with Gasteiger partial charge < -0.3 is 20.3 Å². The van der Waals surface area contributed by atoms with E-state index in [0.29, 0.717) is 13.2 Å². The Hall–Kier alpha value is -2.21. The molecule has 2 aromatic rings. The number of hydrogen-bond donors (Lipinski definition) is 2. The van der Waals surface area contributed by atoms with Crippen molar-refractivity contribution >= 4 is 5.97 Å². The van der Waals surface area contributed by atoms with Gasteiger partial charge in [0.1, 0.15) is 0 Å². The Morgan fingerprint density at radius 2 is 1.46 bits per heavy atom. The summed E-state index contributed by atoms with van der Waals surface area (Å²) in [5.74, 6) is -0.717. The third kappa shape index (κ3) is 6.16. The molecule has 3 N–H and O–H groups in total. The van der Waals surface area contributed by atoms with Crippen molar-refractivity contribution in [2.45, 2.75) is 57.1 Å². The summed E-state index contributed by atoms with van der Waals surface area (Å²) in [4.78, 5) is 11.0. The topological polar surface area (TPSA) is 81.8 Å². The molecule has 0 aromatic heterocycles. The van der Waals surface area contributed by atoms with Crippen LogP contribution < -0.4 is 5.73 Å². The predicted octanol–water partition coefficient (Wildman–Crippen LogP) is 3.76. The zero-order valence-corrected chi connectivity index (χ0v) is 16.1. The van der Waals surface area contributed by atoms with Crippen molar-refractivity contribution in [1.82, 2.24) is 0 Å². The van der Waals surface area contributed by atoms with Crippen molar-refractivity contribution in [2.75, 3.05) is 0 Å². The van der Waals surface area contributed by atoms with Crippen molar-refractivity contribution in [1.29, 1.82) is 0 Å². The van der Waals surface area contributed by atoms with Gasteiger partial charge in [0, 0.05) is 6.04 Å². The molecule has 3 rings (SSSR count). The van der Waals surface area contributed by atoms with Gasteiger partial charge in [0.15, 0.2) is 0 Å². The second kappa shape index (κ2) is 10.4. The minimum Gasteiger partial charge on any atom is -0.481 e. The fraction of sp³-hybridized carbons (Fsp3) is 0.435. The molecule has 4 unspecified atom stereocenters. The van der Waals surface area contributed by atoms with E-state index in [-0.39, 0.29) is 30.6 Å². The molecule has 1 saturated carbocycles. The first kappa shape index (κ1) is 20.5.